The molecular weight excluding hydrogens is 294 g/mol. The van der Waals surface area contributed by atoms with Crippen LogP contribution in [0, 0.1) is 0 Å². The third-order valence-electron chi connectivity index (χ3n) is 3.35. The van der Waals surface area contributed by atoms with Crippen molar-refractivity contribution in [2.45, 2.75) is 52.6 Å². The van der Waals surface area contributed by atoms with Crippen molar-refractivity contribution in [3.8, 4) is 0 Å². The first-order valence-electron chi connectivity index (χ1n) is 6.44. The van der Waals surface area contributed by atoms with Crippen LogP contribution in [0.3, 0.4) is 0 Å². The molecule has 5 heteroatoms. The summed E-state index contributed by atoms with van der Waals surface area (Å²) in [6.45, 7) is 8.36. The third-order valence-corrected chi connectivity index (χ3v) is 3.93. The van der Waals surface area contributed by atoms with E-state index in [1.54, 1.807) is 10.9 Å². The molecule has 2 atom stereocenters. The van der Waals surface area contributed by atoms with Gasteiger partial charge in [0, 0.05) is 25.3 Å². The summed E-state index contributed by atoms with van der Waals surface area (Å²) in [4.78, 5) is 14.5. The Kier molecular flexibility index (Phi) is 5.38. The summed E-state index contributed by atoms with van der Waals surface area (Å²) in [6, 6.07) is 0.447. The lowest BCUT2D eigenvalue weighted by Crippen LogP contribution is -2.44. The van der Waals surface area contributed by atoms with Gasteiger partial charge < -0.3 is 4.90 Å². The minimum Gasteiger partial charge on any atom is -0.332 e. The van der Waals surface area contributed by atoms with Gasteiger partial charge >= 0.3 is 0 Å². The van der Waals surface area contributed by atoms with Crippen molar-refractivity contribution in [1.29, 1.82) is 0 Å². The number of aryl methyl sites for hydroxylation is 1. The Balaban J connectivity index is 3.06. The van der Waals surface area contributed by atoms with Crippen molar-refractivity contribution in [3.63, 3.8) is 0 Å². The van der Waals surface area contributed by atoms with Gasteiger partial charge in [-0.25, -0.2) is 0 Å². The predicted molar refractivity (Wildman–Crippen MR) is 76.6 cm³/mol. The van der Waals surface area contributed by atoms with Crippen LogP contribution >= 0.6 is 15.9 Å². The summed E-state index contributed by atoms with van der Waals surface area (Å²) < 4.78 is 2.41. The minimum absolute atomic E-state index is 0.00572. The first kappa shape index (κ1) is 15.2. The van der Waals surface area contributed by atoms with Crippen molar-refractivity contribution < 1.29 is 4.79 Å². The highest BCUT2D eigenvalue weighted by Gasteiger charge is 2.27. The number of hydrogen-bond donors (Lipinski definition) is 0. The van der Waals surface area contributed by atoms with Crippen molar-refractivity contribution in [1.82, 2.24) is 14.7 Å². The van der Waals surface area contributed by atoms with Crippen LogP contribution in [0.5, 0.6) is 0 Å². The molecule has 0 N–H and O–H groups in total. The zero-order chi connectivity index (χ0) is 13.9. The fraction of sp³-hybridized carbons (Fsp3) is 0.692. The largest absolute Gasteiger partial charge is 0.332 e. The van der Waals surface area contributed by atoms with E-state index in [2.05, 4.69) is 48.7 Å². The molecule has 0 aromatic carbocycles. The fourth-order valence-corrected chi connectivity index (χ4v) is 2.50. The molecule has 0 aliphatic carbocycles. The number of rotatable bonds is 5. The SMILES string of the molecule is CC[C@@H](C)N(C(=O)c1nn(C)cc1Br)[C@@H](C)CC. The van der Waals surface area contributed by atoms with Crippen LogP contribution < -0.4 is 0 Å². The van der Waals surface area contributed by atoms with Crippen molar-refractivity contribution >= 4 is 21.8 Å². The van der Waals surface area contributed by atoms with Gasteiger partial charge in [-0.3, -0.25) is 9.48 Å². The Labute approximate surface area is 117 Å². The van der Waals surface area contributed by atoms with Gasteiger partial charge in [0.05, 0.1) is 4.47 Å². The second-order valence-electron chi connectivity index (χ2n) is 4.73. The van der Waals surface area contributed by atoms with Crippen LogP contribution in [0.15, 0.2) is 10.7 Å². The molecule has 1 heterocycles. The Morgan fingerprint density at radius 1 is 1.39 bits per heavy atom. The second-order valence-corrected chi connectivity index (χ2v) is 5.58. The molecule has 0 bridgehead atoms. The summed E-state index contributed by atoms with van der Waals surface area (Å²) in [7, 11) is 1.82. The van der Waals surface area contributed by atoms with Gasteiger partial charge in [0.1, 0.15) is 0 Å². The van der Waals surface area contributed by atoms with E-state index in [0.29, 0.717) is 5.69 Å². The van der Waals surface area contributed by atoms with Gasteiger partial charge in [0.2, 0.25) is 0 Å². The van der Waals surface area contributed by atoms with Crippen molar-refractivity contribution in [2.24, 2.45) is 7.05 Å². The van der Waals surface area contributed by atoms with E-state index < -0.39 is 0 Å². The number of hydrogen-bond acceptors (Lipinski definition) is 2. The van der Waals surface area contributed by atoms with E-state index in [4.69, 9.17) is 0 Å². The van der Waals surface area contributed by atoms with Crippen molar-refractivity contribution in [2.75, 3.05) is 0 Å². The molecule has 0 saturated carbocycles. The Morgan fingerprint density at radius 3 is 2.22 bits per heavy atom. The van der Waals surface area contributed by atoms with E-state index in [-0.39, 0.29) is 18.0 Å². The average molecular weight is 316 g/mol. The van der Waals surface area contributed by atoms with Crippen LogP contribution in [-0.4, -0.2) is 32.7 Å². The smallest absolute Gasteiger partial charge is 0.276 e. The normalized spacial score (nSPS) is 14.3. The van der Waals surface area contributed by atoms with Crippen molar-refractivity contribution in [3.05, 3.63) is 16.4 Å². The molecule has 0 spiro atoms. The van der Waals surface area contributed by atoms with Gasteiger partial charge in [-0.1, -0.05) is 13.8 Å². The molecule has 1 rings (SSSR count). The number of carbonyl (C=O) groups is 1. The van der Waals surface area contributed by atoms with Gasteiger partial charge in [0.15, 0.2) is 5.69 Å². The maximum atomic E-state index is 12.6. The minimum atomic E-state index is 0.00572. The molecule has 18 heavy (non-hydrogen) atoms. The highest BCUT2D eigenvalue weighted by Crippen LogP contribution is 2.21. The summed E-state index contributed by atoms with van der Waals surface area (Å²) in [6.07, 6.45) is 3.69. The molecule has 1 aromatic heterocycles. The standard InChI is InChI=1S/C13H22BrN3O/c1-6-9(3)17(10(4)7-2)13(18)12-11(14)8-16(5)15-12/h8-10H,6-7H2,1-5H3/t9-,10+. The second kappa shape index (κ2) is 6.36. The van der Waals surface area contributed by atoms with E-state index in [0.717, 1.165) is 17.3 Å². The zero-order valence-corrected chi connectivity index (χ0v) is 13.4. The lowest BCUT2D eigenvalue weighted by Gasteiger charge is -2.33. The van der Waals surface area contributed by atoms with Crippen LogP contribution in [0.4, 0.5) is 0 Å². The van der Waals surface area contributed by atoms with Crippen LogP contribution in [-0.2, 0) is 7.05 Å². The van der Waals surface area contributed by atoms with E-state index in [1.165, 1.54) is 0 Å². The quantitative estimate of drug-likeness (QED) is 0.836. The molecular formula is C13H22BrN3O. The highest BCUT2D eigenvalue weighted by molar-refractivity contribution is 9.10. The van der Waals surface area contributed by atoms with E-state index >= 15 is 0 Å². The molecule has 4 nitrogen and oxygen atoms in total. The molecule has 0 saturated heterocycles. The van der Waals surface area contributed by atoms with Crippen LogP contribution in [0.25, 0.3) is 0 Å². The first-order valence-corrected chi connectivity index (χ1v) is 7.23. The van der Waals surface area contributed by atoms with E-state index in [1.807, 2.05) is 11.9 Å². The summed E-state index contributed by atoms with van der Waals surface area (Å²) in [5.41, 5.74) is 0.498. The number of nitrogens with zero attached hydrogens (tertiary/aromatic N) is 3. The number of aromatic nitrogens is 2. The summed E-state index contributed by atoms with van der Waals surface area (Å²) in [5.74, 6) is 0.00572. The molecule has 1 amide bonds. The third kappa shape index (κ3) is 3.13. The van der Waals surface area contributed by atoms with Gasteiger partial charge in [-0.05, 0) is 42.6 Å². The van der Waals surface area contributed by atoms with Crippen LogP contribution in [0.1, 0.15) is 51.0 Å². The predicted octanol–water partition coefficient (Wildman–Crippen LogP) is 3.22. The molecule has 0 radical (unpaired) electrons. The topological polar surface area (TPSA) is 38.1 Å². The molecule has 0 aliphatic rings. The lowest BCUT2D eigenvalue weighted by atomic mass is 10.1. The lowest BCUT2D eigenvalue weighted by molar-refractivity contribution is 0.0590. The monoisotopic (exact) mass is 315 g/mol. The van der Waals surface area contributed by atoms with Gasteiger partial charge in [-0.2, -0.15) is 5.10 Å². The zero-order valence-electron chi connectivity index (χ0n) is 11.8. The molecule has 0 aliphatic heterocycles. The summed E-state index contributed by atoms with van der Waals surface area (Å²) in [5, 5.41) is 4.24. The van der Waals surface area contributed by atoms with E-state index in [9.17, 15) is 4.79 Å². The summed E-state index contributed by atoms with van der Waals surface area (Å²) >= 11 is 3.40. The maximum absolute atomic E-state index is 12.6. The van der Waals surface area contributed by atoms with Crippen LogP contribution in [0.2, 0.25) is 0 Å². The number of halogens is 1. The number of amides is 1. The maximum Gasteiger partial charge on any atom is 0.276 e. The van der Waals surface area contributed by atoms with Gasteiger partial charge in [-0.15, -0.1) is 0 Å². The molecule has 0 fully saturated rings. The first-order chi connectivity index (χ1) is 8.42. The average Bonchev–Trinajstić information content (AvgIpc) is 2.67. The number of carbonyl (C=O) groups excluding carboxylic acids is 1. The molecule has 0 unspecified atom stereocenters. The highest BCUT2D eigenvalue weighted by atomic mass is 79.9. The Morgan fingerprint density at radius 2 is 1.89 bits per heavy atom. The molecule has 1 aromatic rings. The Bertz CT molecular complexity index is 406. The molecule has 102 valence electrons. The Hall–Kier alpha value is -0.840. The van der Waals surface area contributed by atoms with Gasteiger partial charge in [0.25, 0.3) is 5.91 Å². The fourth-order valence-electron chi connectivity index (χ4n) is 1.95.